The van der Waals surface area contributed by atoms with E-state index in [2.05, 4.69) is 142 Å². The topological polar surface area (TPSA) is 78.9 Å². The molecule has 0 saturated heterocycles. The number of esters is 3. The molecule has 0 aromatic carbocycles. The van der Waals surface area contributed by atoms with Crippen LogP contribution in [-0.2, 0) is 28.6 Å². The summed E-state index contributed by atoms with van der Waals surface area (Å²) < 4.78 is 16.8. The molecule has 0 spiro atoms. The van der Waals surface area contributed by atoms with Crippen LogP contribution >= 0.6 is 0 Å². The summed E-state index contributed by atoms with van der Waals surface area (Å²) in [6.45, 7) is 6.43. The van der Waals surface area contributed by atoms with Crippen LogP contribution in [0.15, 0.2) is 122 Å². The van der Waals surface area contributed by atoms with Crippen LogP contribution in [0, 0.1) is 0 Å². The Balaban J connectivity index is 4.28. The van der Waals surface area contributed by atoms with Gasteiger partial charge in [-0.05, 0) is 109 Å². The maximum atomic E-state index is 12.8. The molecule has 0 aromatic rings. The summed E-state index contributed by atoms with van der Waals surface area (Å²) in [5.41, 5.74) is 0. The SMILES string of the molecule is CC/C=C\C/C=C\C/C=C\C/C=C\C/C=C\C/C=C\C/C=C\C/C=C\CCCCCCCCC(=O)OCC(COC(=O)CCCCCCCCCCCCCC)OC(=O)CCCCCCC/C=C\C/C=C\CCC. The van der Waals surface area contributed by atoms with Crippen LogP contribution in [0.25, 0.3) is 0 Å². The molecular weight excluding hydrogens is 913 g/mol. The molecule has 0 bridgehead atoms. The number of hydrogen-bond acceptors (Lipinski definition) is 6. The van der Waals surface area contributed by atoms with Gasteiger partial charge in [-0.2, -0.15) is 0 Å². The normalized spacial score (nSPS) is 13.0. The maximum absolute atomic E-state index is 12.8. The third kappa shape index (κ3) is 58.7. The standard InChI is InChI=1S/C68H112O6/c1-4-7-10-13-16-19-22-25-26-27-28-29-30-31-32-33-34-35-36-37-38-39-40-41-42-44-46-49-52-55-58-61-67(70)73-64-65(63-72-66(69)60-57-54-51-48-45-24-21-18-15-12-9-6-3)74-68(71)62-59-56-53-50-47-43-23-20-17-14-11-8-5-2/h7,10-11,14,16,19-20,23,25-26,28-29,31-32,34-35,37-38,40-41,65H,4-6,8-9,12-13,15,17-18,21-22,24,27,30,33,36,39,42-64H2,1-3H3/b10-7-,14-11-,19-16-,23-20-,26-25-,29-28-,32-31-,35-34-,38-37-,41-40-. The number of allylic oxidation sites excluding steroid dienone is 20. The van der Waals surface area contributed by atoms with Gasteiger partial charge in [-0.1, -0.05) is 264 Å². The molecule has 0 aromatic heterocycles. The first-order valence-corrected chi connectivity index (χ1v) is 30.5. The van der Waals surface area contributed by atoms with Crippen molar-refractivity contribution in [1.29, 1.82) is 0 Å². The second-order valence-corrected chi connectivity index (χ2v) is 19.9. The van der Waals surface area contributed by atoms with E-state index in [0.717, 1.165) is 154 Å². The average molecular weight is 1030 g/mol. The van der Waals surface area contributed by atoms with Crippen molar-refractivity contribution in [3.63, 3.8) is 0 Å². The van der Waals surface area contributed by atoms with Crippen molar-refractivity contribution in [3.05, 3.63) is 122 Å². The molecule has 0 heterocycles. The molecule has 74 heavy (non-hydrogen) atoms. The molecule has 0 N–H and O–H groups in total. The molecule has 1 unspecified atom stereocenters. The predicted molar refractivity (Wildman–Crippen MR) is 320 cm³/mol. The Kier molecular flexibility index (Phi) is 57.9. The van der Waals surface area contributed by atoms with Gasteiger partial charge in [-0.25, -0.2) is 0 Å². The van der Waals surface area contributed by atoms with Crippen molar-refractivity contribution < 1.29 is 28.6 Å². The lowest BCUT2D eigenvalue weighted by Crippen LogP contribution is -2.30. The largest absolute Gasteiger partial charge is 0.462 e. The highest BCUT2D eigenvalue weighted by atomic mass is 16.6. The van der Waals surface area contributed by atoms with Gasteiger partial charge in [0, 0.05) is 19.3 Å². The summed E-state index contributed by atoms with van der Waals surface area (Å²) in [6.07, 6.45) is 84.8. The van der Waals surface area contributed by atoms with Crippen LogP contribution in [-0.4, -0.2) is 37.2 Å². The van der Waals surface area contributed by atoms with E-state index in [0.29, 0.717) is 19.3 Å². The molecule has 1 atom stereocenters. The molecule has 0 fully saturated rings. The lowest BCUT2D eigenvalue weighted by Gasteiger charge is -2.18. The van der Waals surface area contributed by atoms with Crippen molar-refractivity contribution in [2.45, 2.75) is 277 Å². The molecule has 0 aliphatic rings. The number of carbonyl (C=O) groups excluding carboxylic acids is 3. The molecule has 420 valence electrons. The third-order valence-electron chi connectivity index (χ3n) is 12.7. The summed E-state index contributed by atoms with van der Waals surface area (Å²) in [5, 5.41) is 0. The number of rotatable bonds is 54. The maximum Gasteiger partial charge on any atom is 0.306 e. The van der Waals surface area contributed by atoms with Crippen molar-refractivity contribution in [2.75, 3.05) is 13.2 Å². The van der Waals surface area contributed by atoms with Gasteiger partial charge < -0.3 is 14.2 Å². The lowest BCUT2D eigenvalue weighted by atomic mass is 10.0. The summed E-state index contributed by atoms with van der Waals surface area (Å²) in [5.74, 6) is -0.917. The Bertz CT molecular complexity index is 1550. The first-order valence-electron chi connectivity index (χ1n) is 30.5. The fourth-order valence-corrected chi connectivity index (χ4v) is 8.14. The van der Waals surface area contributed by atoms with E-state index in [1.807, 2.05) is 0 Å². The van der Waals surface area contributed by atoms with Crippen LogP contribution in [0.2, 0.25) is 0 Å². The molecule has 0 rings (SSSR count). The van der Waals surface area contributed by atoms with E-state index >= 15 is 0 Å². The van der Waals surface area contributed by atoms with Crippen molar-refractivity contribution in [1.82, 2.24) is 0 Å². The van der Waals surface area contributed by atoms with Crippen LogP contribution in [0.5, 0.6) is 0 Å². The molecule has 6 nitrogen and oxygen atoms in total. The van der Waals surface area contributed by atoms with Crippen molar-refractivity contribution in [2.24, 2.45) is 0 Å². The Morgan fingerprint density at radius 1 is 0.284 bits per heavy atom. The van der Waals surface area contributed by atoms with E-state index in [4.69, 9.17) is 14.2 Å². The molecular formula is C68H112O6. The molecule has 0 aliphatic heterocycles. The second-order valence-electron chi connectivity index (χ2n) is 19.9. The molecule has 0 saturated carbocycles. The minimum absolute atomic E-state index is 0.0883. The minimum atomic E-state index is -0.792. The predicted octanol–water partition coefficient (Wildman–Crippen LogP) is 20.8. The summed E-state index contributed by atoms with van der Waals surface area (Å²) >= 11 is 0. The Morgan fingerprint density at radius 3 is 0.878 bits per heavy atom. The average Bonchev–Trinajstić information content (AvgIpc) is 3.40. The highest BCUT2D eigenvalue weighted by Gasteiger charge is 2.19. The minimum Gasteiger partial charge on any atom is -0.462 e. The number of ether oxygens (including phenoxy) is 3. The van der Waals surface area contributed by atoms with Crippen LogP contribution < -0.4 is 0 Å². The van der Waals surface area contributed by atoms with E-state index in [-0.39, 0.29) is 31.1 Å². The summed E-state index contributed by atoms with van der Waals surface area (Å²) in [7, 11) is 0. The highest BCUT2D eigenvalue weighted by molar-refractivity contribution is 5.71. The summed E-state index contributed by atoms with van der Waals surface area (Å²) in [4.78, 5) is 38.1. The zero-order chi connectivity index (χ0) is 53.6. The number of unbranched alkanes of at least 4 members (excludes halogenated alkanes) is 23. The fourth-order valence-electron chi connectivity index (χ4n) is 8.14. The van der Waals surface area contributed by atoms with E-state index in [9.17, 15) is 14.4 Å². The number of carbonyl (C=O) groups is 3. The quantitative estimate of drug-likeness (QED) is 0.0261. The Morgan fingerprint density at radius 2 is 0.554 bits per heavy atom. The highest BCUT2D eigenvalue weighted by Crippen LogP contribution is 2.15. The fraction of sp³-hybridized carbons (Fsp3) is 0.662. The zero-order valence-electron chi connectivity index (χ0n) is 48.1. The lowest BCUT2D eigenvalue weighted by molar-refractivity contribution is -0.167. The van der Waals surface area contributed by atoms with E-state index in [1.54, 1.807) is 0 Å². The molecule has 6 heteroatoms. The molecule has 0 aliphatic carbocycles. The van der Waals surface area contributed by atoms with Gasteiger partial charge in [0.25, 0.3) is 0 Å². The van der Waals surface area contributed by atoms with E-state index < -0.39 is 6.10 Å². The molecule has 0 amide bonds. The van der Waals surface area contributed by atoms with Gasteiger partial charge in [-0.3, -0.25) is 14.4 Å². The van der Waals surface area contributed by atoms with Gasteiger partial charge in [0.2, 0.25) is 0 Å². The van der Waals surface area contributed by atoms with Gasteiger partial charge in [0.1, 0.15) is 13.2 Å². The molecule has 0 radical (unpaired) electrons. The number of hydrogen-bond donors (Lipinski definition) is 0. The Labute approximate surface area is 456 Å². The monoisotopic (exact) mass is 1020 g/mol. The van der Waals surface area contributed by atoms with Gasteiger partial charge in [-0.15, -0.1) is 0 Å². The smallest absolute Gasteiger partial charge is 0.306 e. The summed E-state index contributed by atoms with van der Waals surface area (Å²) in [6, 6.07) is 0. The van der Waals surface area contributed by atoms with Crippen molar-refractivity contribution in [3.8, 4) is 0 Å². The zero-order valence-corrected chi connectivity index (χ0v) is 48.1. The van der Waals surface area contributed by atoms with Crippen LogP contribution in [0.4, 0.5) is 0 Å². The first-order chi connectivity index (χ1) is 36.5. The third-order valence-corrected chi connectivity index (χ3v) is 12.7. The van der Waals surface area contributed by atoms with E-state index in [1.165, 1.54) is 77.0 Å². The van der Waals surface area contributed by atoms with Gasteiger partial charge >= 0.3 is 17.9 Å². The van der Waals surface area contributed by atoms with Crippen LogP contribution in [0.1, 0.15) is 271 Å². The van der Waals surface area contributed by atoms with Crippen LogP contribution in [0.3, 0.4) is 0 Å². The first kappa shape index (κ1) is 69.8. The van der Waals surface area contributed by atoms with Gasteiger partial charge in [0.15, 0.2) is 6.10 Å². The Hall–Kier alpha value is -4.19. The van der Waals surface area contributed by atoms with Crippen molar-refractivity contribution >= 4 is 17.9 Å². The second kappa shape index (κ2) is 61.4. The van der Waals surface area contributed by atoms with Gasteiger partial charge in [0.05, 0.1) is 0 Å².